The normalized spacial score (nSPS) is 15.2. The van der Waals surface area contributed by atoms with E-state index >= 15 is 0 Å². The van der Waals surface area contributed by atoms with Crippen LogP contribution in [0.1, 0.15) is 36.7 Å². The van der Waals surface area contributed by atoms with E-state index in [0.717, 1.165) is 10.5 Å². The molecule has 2 rings (SSSR count). The molecule has 0 spiro atoms. The van der Waals surface area contributed by atoms with E-state index in [2.05, 4.69) is 27.4 Å². The Morgan fingerprint density at radius 1 is 1.04 bits per heavy atom. The summed E-state index contributed by atoms with van der Waals surface area (Å²) in [5.41, 5.74) is 1.41. The Bertz CT molecular complexity index is 714. The molecule has 0 aromatic heterocycles. The molecule has 0 bridgehead atoms. The number of benzene rings is 1. The molecule has 1 saturated heterocycles. The zero-order valence-corrected chi connectivity index (χ0v) is 14.0. The summed E-state index contributed by atoms with van der Waals surface area (Å²) < 4.78 is 0. The minimum Gasteiger partial charge on any atom is -0.292 e. The summed E-state index contributed by atoms with van der Waals surface area (Å²) >= 11 is 0. The minimum atomic E-state index is -0.985. The van der Waals surface area contributed by atoms with Crippen molar-refractivity contribution in [2.45, 2.75) is 26.2 Å². The van der Waals surface area contributed by atoms with Gasteiger partial charge in [0.25, 0.3) is 0 Å². The van der Waals surface area contributed by atoms with E-state index in [1.165, 1.54) is 6.08 Å². The van der Waals surface area contributed by atoms with E-state index in [0.29, 0.717) is 10.5 Å². The highest BCUT2D eigenvalue weighted by Crippen LogP contribution is 2.22. The van der Waals surface area contributed by atoms with Gasteiger partial charge in [0.2, 0.25) is 0 Å². The van der Waals surface area contributed by atoms with Crippen molar-refractivity contribution < 1.29 is 19.2 Å². The van der Waals surface area contributed by atoms with E-state index in [-0.39, 0.29) is 12.0 Å². The summed E-state index contributed by atoms with van der Waals surface area (Å²) in [4.78, 5) is 49.5. The number of urea groups is 1. The summed E-state index contributed by atoms with van der Waals surface area (Å²) in [5, 5.41) is 0. The molecule has 0 unspecified atom stereocenters. The van der Waals surface area contributed by atoms with E-state index in [1.54, 1.807) is 12.1 Å². The van der Waals surface area contributed by atoms with Gasteiger partial charge in [-0.25, -0.2) is 9.69 Å². The maximum atomic E-state index is 12.3. The highest BCUT2D eigenvalue weighted by Gasteiger charge is 2.44. The van der Waals surface area contributed by atoms with Gasteiger partial charge in [0.05, 0.1) is 6.54 Å². The van der Waals surface area contributed by atoms with Crippen molar-refractivity contribution in [3.05, 3.63) is 48.0 Å². The second-order valence-corrected chi connectivity index (χ2v) is 6.63. The maximum Gasteiger partial charge on any atom is 0.334 e. The van der Waals surface area contributed by atoms with E-state index in [4.69, 9.17) is 0 Å². The molecule has 24 heavy (non-hydrogen) atoms. The van der Waals surface area contributed by atoms with Crippen LogP contribution < -0.4 is 0 Å². The number of amides is 4. The predicted octanol–water partition coefficient (Wildman–Crippen LogP) is 2.14. The monoisotopic (exact) mass is 328 g/mol. The molecule has 1 aliphatic rings. The van der Waals surface area contributed by atoms with Gasteiger partial charge in [-0.15, -0.1) is 6.58 Å². The summed E-state index contributed by atoms with van der Waals surface area (Å²) in [6, 6.07) is 6.23. The minimum absolute atomic E-state index is 0.0416. The number of imide groups is 2. The fraction of sp³-hybridized carbons (Fsp3) is 0.333. The number of carbonyl (C=O) groups is 4. The Hall–Kier alpha value is -2.76. The van der Waals surface area contributed by atoms with Gasteiger partial charge in [-0.1, -0.05) is 51.1 Å². The molecular weight excluding hydrogens is 308 g/mol. The lowest BCUT2D eigenvalue weighted by molar-refractivity contribution is -0.142. The van der Waals surface area contributed by atoms with Gasteiger partial charge in [0, 0.05) is 12.1 Å². The molecule has 1 aliphatic heterocycles. The Morgan fingerprint density at radius 3 is 2.08 bits per heavy atom. The molecular formula is C18H20N2O4. The number of rotatable bonds is 5. The third-order valence-electron chi connectivity index (χ3n) is 3.82. The first-order chi connectivity index (χ1) is 11.2. The van der Waals surface area contributed by atoms with Crippen LogP contribution in [0, 0.1) is 0 Å². The quantitative estimate of drug-likeness (QED) is 0.359. The predicted molar refractivity (Wildman–Crippen MR) is 88.5 cm³/mol. The van der Waals surface area contributed by atoms with Crippen molar-refractivity contribution in [1.82, 2.24) is 9.80 Å². The van der Waals surface area contributed by atoms with Crippen LogP contribution in [-0.4, -0.2) is 46.5 Å². The first-order valence-corrected chi connectivity index (χ1v) is 7.58. The van der Waals surface area contributed by atoms with Crippen LogP contribution in [0.3, 0.4) is 0 Å². The molecule has 0 saturated carbocycles. The molecule has 1 heterocycles. The van der Waals surface area contributed by atoms with Gasteiger partial charge in [-0.3, -0.25) is 19.3 Å². The summed E-state index contributed by atoms with van der Waals surface area (Å²) in [6.45, 7) is 9.11. The molecule has 1 aromatic rings. The van der Waals surface area contributed by atoms with Crippen LogP contribution in [0.4, 0.5) is 4.79 Å². The van der Waals surface area contributed by atoms with E-state index in [9.17, 15) is 19.2 Å². The van der Waals surface area contributed by atoms with Gasteiger partial charge < -0.3 is 0 Å². The van der Waals surface area contributed by atoms with Crippen LogP contribution in [-0.2, 0) is 15.0 Å². The molecule has 6 heteroatoms. The first kappa shape index (κ1) is 17.6. The van der Waals surface area contributed by atoms with Crippen LogP contribution in [0.2, 0.25) is 0 Å². The van der Waals surface area contributed by atoms with E-state index < -0.39 is 30.2 Å². The Kier molecular flexibility index (Phi) is 4.68. The number of carbonyl (C=O) groups excluding carboxylic acids is 4. The standard InChI is InChI=1S/C18H20N2O4/c1-5-10-19-15(22)16(23)20(17(19)24)11-14(21)12-6-8-13(9-7-12)18(2,3)4/h5-9H,1,10-11H2,2-4H3. The van der Waals surface area contributed by atoms with Gasteiger partial charge in [0.15, 0.2) is 5.78 Å². The number of hydrogen-bond acceptors (Lipinski definition) is 4. The molecule has 126 valence electrons. The highest BCUT2D eigenvalue weighted by atomic mass is 16.2. The van der Waals surface area contributed by atoms with Crippen molar-refractivity contribution in [2.75, 3.05) is 13.1 Å². The fourth-order valence-electron chi connectivity index (χ4n) is 2.37. The highest BCUT2D eigenvalue weighted by molar-refractivity contribution is 6.45. The van der Waals surface area contributed by atoms with Crippen molar-refractivity contribution in [1.29, 1.82) is 0 Å². The molecule has 0 atom stereocenters. The van der Waals surface area contributed by atoms with Crippen molar-refractivity contribution in [3.8, 4) is 0 Å². The summed E-state index contributed by atoms with van der Waals surface area (Å²) in [6.07, 6.45) is 1.35. The zero-order chi connectivity index (χ0) is 18.1. The molecule has 1 aromatic carbocycles. The largest absolute Gasteiger partial charge is 0.334 e. The molecule has 0 N–H and O–H groups in total. The van der Waals surface area contributed by atoms with Crippen molar-refractivity contribution in [2.24, 2.45) is 0 Å². The zero-order valence-electron chi connectivity index (χ0n) is 14.0. The molecule has 0 aliphatic carbocycles. The number of Topliss-reactive ketones (excluding diaryl/α,β-unsaturated/α-hetero) is 1. The van der Waals surface area contributed by atoms with Crippen LogP contribution >= 0.6 is 0 Å². The number of nitrogens with zero attached hydrogens (tertiary/aromatic N) is 2. The smallest absolute Gasteiger partial charge is 0.292 e. The van der Waals surface area contributed by atoms with Crippen LogP contribution in [0.5, 0.6) is 0 Å². The van der Waals surface area contributed by atoms with Crippen LogP contribution in [0.15, 0.2) is 36.9 Å². The van der Waals surface area contributed by atoms with Crippen LogP contribution in [0.25, 0.3) is 0 Å². The average Bonchev–Trinajstić information content (AvgIpc) is 2.72. The Balaban J connectivity index is 2.15. The SMILES string of the molecule is C=CCN1C(=O)C(=O)N(CC(=O)c2ccc(C(C)(C)C)cc2)C1=O. The lowest BCUT2D eigenvalue weighted by Crippen LogP contribution is -2.37. The summed E-state index contributed by atoms with van der Waals surface area (Å²) in [5.74, 6) is -2.32. The second kappa shape index (κ2) is 6.39. The topological polar surface area (TPSA) is 74.8 Å². The third-order valence-corrected chi connectivity index (χ3v) is 3.82. The first-order valence-electron chi connectivity index (χ1n) is 7.58. The van der Waals surface area contributed by atoms with Crippen molar-refractivity contribution in [3.63, 3.8) is 0 Å². The molecule has 0 radical (unpaired) electrons. The molecule has 6 nitrogen and oxygen atoms in total. The Labute approximate surface area is 140 Å². The van der Waals surface area contributed by atoms with Gasteiger partial charge in [-0.05, 0) is 11.0 Å². The molecule has 1 fully saturated rings. The lowest BCUT2D eigenvalue weighted by atomic mass is 9.86. The van der Waals surface area contributed by atoms with Gasteiger partial charge >= 0.3 is 17.8 Å². The third kappa shape index (κ3) is 3.27. The van der Waals surface area contributed by atoms with Crippen molar-refractivity contribution >= 4 is 23.6 Å². The molecule has 4 amide bonds. The lowest BCUT2D eigenvalue weighted by Gasteiger charge is -2.19. The number of hydrogen-bond donors (Lipinski definition) is 0. The van der Waals surface area contributed by atoms with Gasteiger partial charge in [-0.2, -0.15) is 0 Å². The Morgan fingerprint density at radius 2 is 1.58 bits per heavy atom. The maximum absolute atomic E-state index is 12.3. The van der Waals surface area contributed by atoms with E-state index in [1.807, 2.05) is 12.1 Å². The van der Waals surface area contributed by atoms with Gasteiger partial charge in [0.1, 0.15) is 0 Å². The summed E-state index contributed by atoms with van der Waals surface area (Å²) in [7, 11) is 0. The fourth-order valence-corrected chi connectivity index (χ4v) is 2.37. The number of ketones is 1. The average molecular weight is 328 g/mol. The second-order valence-electron chi connectivity index (χ2n) is 6.63.